The number of nitrogens with two attached hydrogens (primary N) is 1. The van der Waals surface area contributed by atoms with Crippen molar-refractivity contribution in [3.63, 3.8) is 0 Å². The standard InChI is InChI=1S/C20H23FN4O/c1-12(2)10-13(22)11-23-19-14-6-3-4-8-16(14)24-20(25-19)18-15(21)7-5-9-17(18)26/h3-9,12-13,26H,10-11,22H2,1-2H3,(H,23,24,25)/t13-/m0/s1. The Hall–Kier alpha value is -2.73. The van der Waals surface area contributed by atoms with Gasteiger partial charge in [0.05, 0.1) is 11.1 Å². The zero-order valence-electron chi connectivity index (χ0n) is 14.9. The molecule has 0 saturated heterocycles. The fraction of sp³-hybridized carbons (Fsp3) is 0.300. The molecule has 3 rings (SSSR count). The van der Waals surface area contributed by atoms with Crippen molar-refractivity contribution in [1.29, 1.82) is 0 Å². The van der Waals surface area contributed by atoms with Gasteiger partial charge in [0.2, 0.25) is 0 Å². The van der Waals surface area contributed by atoms with E-state index in [1.54, 1.807) is 0 Å². The number of halogens is 1. The number of fused-ring (bicyclic) bond motifs is 1. The topological polar surface area (TPSA) is 84.1 Å². The molecular weight excluding hydrogens is 331 g/mol. The van der Waals surface area contributed by atoms with Crippen molar-refractivity contribution in [3.8, 4) is 17.1 Å². The Balaban J connectivity index is 2.02. The number of aromatic hydroxyl groups is 1. The van der Waals surface area contributed by atoms with E-state index in [0.717, 1.165) is 11.8 Å². The molecule has 0 spiro atoms. The molecule has 6 heteroatoms. The minimum atomic E-state index is -0.567. The lowest BCUT2D eigenvalue weighted by Crippen LogP contribution is -2.30. The van der Waals surface area contributed by atoms with Crippen LogP contribution in [-0.4, -0.2) is 27.7 Å². The van der Waals surface area contributed by atoms with E-state index in [-0.39, 0.29) is 23.2 Å². The Morgan fingerprint density at radius 1 is 1.12 bits per heavy atom. The fourth-order valence-electron chi connectivity index (χ4n) is 2.97. The highest BCUT2D eigenvalue weighted by Crippen LogP contribution is 2.32. The summed E-state index contributed by atoms with van der Waals surface area (Å²) in [6.45, 7) is 4.79. The van der Waals surface area contributed by atoms with E-state index < -0.39 is 5.82 Å². The van der Waals surface area contributed by atoms with E-state index in [1.807, 2.05) is 24.3 Å². The lowest BCUT2D eigenvalue weighted by Gasteiger charge is -2.17. The van der Waals surface area contributed by atoms with Gasteiger partial charge in [0.25, 0.3) is 0 Å². The lowest BCUT2D eigenvalue weighted by atomic mass is 10.0. The summed E-state index contributed by atoms with van der Waals surface area (Å²) in [7, 11) is 0. The molecule has 5 nitrogen and oxygen atoms in total. The second-order valence-corrected chi connectivity index (χ2v) is 6.82. The van der Waals surface area contributed by atoms with Crippen LogP contribution >= 0.6 is 0 Å². The number of para-hydroxylation sites is 1. The van der Waals surface area contributed by atoms with E-state index in [9.17, 15) is 9.50 Å². The zero-order chi connectivity index (χ0) is 18.7. The van der Waals surface area contributed by atoms with Crippen LogP contribution in [0.3, 0.4) is 0 Å². The third-order valence-corrected chi connectivity index (χ3v) is 4.12. The molecule has 0 aliphatic heterocycles. The molecule has 0 saturated carbocycles. The molecule has 3 aromatic rings. The number of phenolic OH excluding ortho intramolecular Hbond substituents is 1. The summed E-state index contributed by atoms with van der Waals surface area (Å²) in [5.74, 6) is 0.456. The van der Waals surface area contributed by atoms with Crippen molar-refractivity contribution in [1.82, 2.24) is 9.97 Å². The molecule has 1 heterocycles. The summed E-state index contributed by atoms with van der Waals surface area (Å²) < 4.78 is 14.2. The van der Waals surface area contributed by atoms with Gasteiger partial charge in [-0.3, -0.25) is 0 Å². The monoisotopic (exact) mass is 354 g/mol. The van der Waals surface area contributed by atoms with Gasteiger partial charge in [-0.05, 0) is 36.6 Å². The summed E-state index contributed by atoms with van der Waals surface area (Å²) in [4.78, 5) is 8.89. The largest absolute Gasteiger partial charge is 0.507 e. The Bertz CT molecular complexity index is 893. The highest BCUT2D eigenvalue weighted by molar-refractivity contribution is 5.90. The molecule has 0 radical (unpaired) electrons. The number of rotatable bonds is 6. The minimum Gasteiger partial charge on any atom is -0.507 e. The number of hydrogen-bond donors (Lipinski definition) is 3. The molecule has 4 N–H and O–H groups in total. The number of hydrogen-bond acceptors (Lipinski definition) is 5. The molecule has 0 aliphatic rings. The van der Waals surface area contributed by atoms with E-state index in [2.05, 4.69) is 29.1 Å². The van der Waals surface area contributed by atoms with Gasteiger partial charge < -0.3 is 16.2 Å². The predicted octanol–water partition coefficient (Wildman–Crippen LogP) is 3.93. The first-order chi connectivity index (χ1) is 12.5. The lowest BCUT2D eigenvalue weighted by molar-refractivity contribution is 0.471. The van der Waals surface area contributed by atoms with Gasteiger partial charge >= 0.3 is 0 Å². The molecule has 0 bridgehead atoms. The van der Waals surface area contributed by atoms with Crippen LogP contribution in [0.2, 0.25) is 0 Å². The second kappa shape index (κ2) is 7.66. The molecule has 1 atom stereocenters. The van der Waals surface area contributed by atoms with Crippen molar-refractivity contribution in [2.24, 2.45) is 11.7 Å². The van der Waals surface area contributed by atoms with E-state index in [0.29, 0.717) is 23.8 Å². The third-order valence-electron chi connectivity index (χ3n) is 4.12. The molecule has 26 heavy (non-hydrogen) atoms. The van der Waals surface area contributed by atoms with Crippen LogP contribution in [0.15, 0.2) is 42.5 Å². The molecule has 0 aliphatic carbocycles. The summed E-state index contributed by atoms with van der Waals surface area (Å²) in [5, 5.41) is 14.1. The minimum absolute atomic E-state index is 0.00668. The van der Waals surface area contributed by atoms with Crippen LogP contribution in [0.5, 0.6) is 5.75 Å². The third kappa shape index (κ3) is 3.91. The first-order valence-electron chi connectivity index (χ1n) is 8.69. The smallest absolute Gasteiger partial charge is 0.168 e. The second-order valence-electron chi connectivity index (χ2n) is 6.82. The molecule has 1 aromatic heterocycles. The highest BCUT2D eigenvalue weighted by Gasteiger charge is 2.16. The number of aromatic nitrogens is 2. The van der Waals surface area contributed by atoms with Crippen molar-refractivity contribution in [2.45, 2.75) is 26.3 Å². The number of phenols is 1. The maximum atomic E-state index is 14.2. The predicted molar refractivity (Wildman–Crippen MR) is 103 cm³/mol. The van der Waals surface area contributed by atoms with Crippen molar-refractivity contribution in [3.05, 3.63) is 48.3 Å². The first kappa shape index (κ1) is 18.1. The fourth-order valence-corrected chi connectivity index (χ4v) is 2.97. The molecule has 0 fully saturated rings. The normalized spacial score (nSPS) is 12.5. The van der Waals surface area contributed by atoms with Gasteiger partial charge in [-0.25, -0.2) is 14.4 Å². The summed E-state index contributed by atoms with van der Waals surface area (Å²) in [6.07, 6.45) is 0.886. The summed E-state index contributed by atoms with van der Waals surface area (Å²) in [5.41, 5.74) is 6.82. The SMILES string of the molecule is CC(C)C[C@H](N)CNc1nc(-c2c(O)cccc2F)nc2ccccc12. The van der Waals surface area contributed by atoms with E-state index >= 15 is 0 Å². The maximum Gasteiger partial charge on any atom is 0.168 e. The summed E-state index contributed by atoms with van der Waals surface area (Å²) in [6, 6.07) is 11.6. The Morgan fingerprint density at radius 3 is 2.62 bits per heavy atom. The van der Waals surface area contributed by atoms with Crippen LogP contribution < -0.4 is 11.1 Å². The van der Waals surface area contributed by atoms with E-state index in [4.69, 9.17) is 5.73 Å². The van der Waals surface area contributed by atoms with Crippen molar-refractivity contribution in [2.75, 3.05) is 11.9 Å². The zero-order valence-corrected chi connectivity index (χ0v) is 14.9. The van der Waals surface area contributed by atoms with Gasteiger partial charge in [-0.15, -0.1) is 0 Å². The van der Waals surface area contributed by atoms with Crippen molar-refractivity contribution >= 4 is 16.7 Å². The van der Waals surface area contributed by atoms with Crippen LogP contribution in [0, 0.1) is 11.7 Å². The number of anilines is 1. The van der Waals surface area contributed by atoms with Gasteiger partial charge in [0.15, 0.2) is 5.82 Å². The van der Waals surface area contributed by atoms with Crippen LogP contribution in [0.4, 0.5) is 10.2 Å². The number of benzene rings is 2. The van der Waals surface area contributed by atoms with Gasteiger partial charge in [-0.2, -0.15) is 0 Å². The molecule has 136 valence electrons. The van der Waals surface area contributed by atoms with Gasteiger partial charge in [0, 0.05) is 18.0 Å². The molecule has 0 unspecified atom stereocenters. The average Bonchev–Trinajstić information content (AvgIpc) is 2.59. The van der Waals surface area contributed by atoms with Gasteiger partial charge in [0.1, 0.15) is 17.4 Å². The Morgan fingerprint density at radius 2 is 1.88 bits per heavy atom. The van der Waals surface area contributed by atoms with Gasteiger partial charge in [-0.1, -0.05) is 32.0 Å². The average molecular weight is 354 g/mol. The molecule has 2 aromatic carbocycles. The summed E-state index contributed by atoms with van der Waals surface area (Å²) >= 11 is 0. The quantitative estimate of drug-likeness (QED) is 0.625. The van der Waals surface area contributed by atoms with Crippen molar-refractivity contribution < 1.29 is 9.50 Å². The first-order valence-corrected chi connectivity index (χ1v) is 8.69. The Labute approximate surface area is 152 Å². The molecule has 0 amide bonds. The highest BCUT2D eigenvalue weighted by atomic mass is 19.1. The maximum absolute atomic E-state index is 14.2. The molecular formula is C20H23FN4O. The van der Waals surface area contributed by atoms with E-state index in [1.165, 1.54) is 18.2 Å². The Kier molecular flexibility index (Phi) is 5.32. The number of nitrogens with zero attached hydrogens (tertiary/aromatic N) is 2. The van der Waals surface area contributed by atoms with Crippen LogP contribution in [-0.2, 0) is 0 Å². The van der Waals surface area contributed by atoms with Crippen LogP contribution in [0.1, 0.15) is 20.3 Å². The van der Waals surface area contributed by atoms with Crippen LogP contribution in [0.25, 0.3) is 22.3 Å². The number of nitrogens with one attached hydrogen (secondary N) is 1.